The summed E-state index contributed by atoms with van der Waals surface area (Å²) in [7, 11) is 1.81. The summed E-state index contributed by atoms with van der Waals surface area (Å²) in [6, 6.07) is 3.84. The highest BCUT2D eigenvalue weighted by Gasteiger charge is 2.22. The lowest BCUT2D eigenvalue weighted by molar-refractivity contribution is 0.245. The third-order valence-corrected chi connectivity index (χ3v) is 4.35. The van der Waals surface area contributed by atoms with E-state index in [1.54, 1.807) is 4.68 Å². The average molecular weight is 343 g/mol. The number of piperidine rings is 1. The summed E-state index contributed by atoms with van der Waals surface area (Å²) < 4.78 is 1.66. The Balaban J connectivity index is 1.52. The normalized spacial score (nSPS) is 15.3. The summed E-state index contributed by atoms with van der Waals surface area (Å²) in [4.78, 5) is 23.3. The van der Waals surface area contributed by atoms with Crippen LogP contribution in [0.15, 0.2) is 12.1 Å². The van der Waals surface area contributed by atoms with E-state index in [1.807, 2.05) is 40.0 Å². The maximum Gasteiger partial charge on any atom is 0.320 e. The van der Waals surface area contributed by atoms with Gasteiger partial charge in [0, 0.05) is 44.0 Å². The van der Waals surface area contributed by atoms with Gasteiger partial charge in [-0.15, -0.1) is 0 Å². The molecule has 0 spiro atoms. The molecule has 3 heterocycles. The molecule has 1 fully saturated rings. The van der Waals surface area contributed by atoms with E-state index in [9.17, 15) is 4.79 Å². The van der Waals surface area contributed by atoms with Crippen molar-refractivity contribution in [3.63, 3.8) is 0 Å². The number of carbonyl (C=O) groups excluding carboxylic acids is 1. The highest BCUT2D eigenvalue weighted by Crippen LogP contribution is 2.19. The lowest BCUT2D eigenvalue weighted by Crippen LogP contribution is -2.46. The Morgan fingerprint density at radius 3 is 2.44 bits per heavy atom. The average Bonchev–Trinajstić information content (AvgIpc) is 2.84. The molecule has 1 saturated heterocycles. The Kier molecular flexibility index (Phi) is 4.87. The van der Waals surface area contributed by atoms with Gasteiger partial charge in [-0.2, -0.15) is 5.10 Å². The fourth-order valence-electron chi connectivity index (χ4n) is 3.18. The molecule has 0 saturated carbocycles. The molecule has 1 aliphatic heterocycles. The molecule has 0 bridgehead atoms. The Morgan fingerprint density at radius 1 is 1.12 bits per heavy atom. The molecular formula is C17H25N7O. The summed E-state index contributed by atoms with van der Waals surface area (Å²) in [5.74, 6) is 2.46. The lowest BCUT2D eigenvalue weighted by atomic mass is 10.1. The zero-order valence-electron chi connectivity index (χ0n) is 15.2. The zero-order valence-corrected chi connectivity index (χ0v) is 15.2. The summed E-state index contributed by atoms with van der Waals surface area (Å²) in [5, 5.41) is 10.1. The predicted molar refractivity (Wildman–Crippen MR) is 96.8 cm³/mol. The first kappa shape index (κ1) is 17.2. The Hall–Kier alpha value is -2.64. The first-order chi connectivity index (χ1) is 11.9. The third-order valence-electron chi connectivity index (χ3n) is 4.35. The monoisotopic (exact) mass is 343 g/mol. The summed E-state index contributed by atoms with van der Waals surface area (Å²) in [6.07, 6.45) is 1.78. The van der Waals surface area contributed by atoms with Crippen molar-refractivity contribution in [3.8, 4) is 0 Å². The van der Waals surface area contributed by atoms with Crippen LogP contribution in [-0.4, -0.2) is 44.9 Å². The van der Waals surface area contributed by atoms with Crippen molar-refractivity contribution in [2.24, 2.45) is 7.05 Å². The van der Waals surface area contributed by atoms with Crippen LogP contribution in [0.4, 0.5) is 16.4 Å². The molecule has 134 valence electrons. The van der Waals surface area contributed by atoms with Crippen LogP contribution in [0, 0.1) is 20.8 Å². The van der Waals surface area contributed by atoms with Gasteiger partial charge < -0.3 is 10.2 Å². The number of aromatic nitrogens is 4. The molecule has 0 atom stereocenters. The summed E-state index contributed by atoms with van der Waals surface area (Å²) in [5.41, 5.74) is 1.86. The fraction of sp³-hybridized carbons (Fsp3) is 0.529. The van der Waals surface area contributed by atoms with Crippen LogP contribution in [0.1, 0.15) is 30.1 Å². The van der Waals surface area contributed by atoms with Gasteiger partial charge in [0.1, 0.15) is 17.5 Å². The maximum absolute atomic E-state index is 12.2. The quantitative estimate of drug-likeness (QED) is 0.889. The van der Waals surface area contributed by atoms with Crippen LogP contribution in [0.2, 0.25) is 0 Å². The number of hydrogen-bond acceptors (Lipinski definition) is 5. The van der Waals surface area contributed by atoms with Crippen LogP contribution < -0.4 is 15.5 Å². The molecule has 0 aliphatic carbocycles. The van der Waals surface area contributed by atoms with E-state index in [1.165, 1.54) is 0 Å². The smallest absolute Gasteiger partial charge is 0.320 e. The van der Waals surface area contributed by atoms with Crippen LogP contribution in [-0.2, 0) is 7.05 Å². The number of nitrogens with one attached hydrogen (secondary N) is 2. The number of amides is 2. The lowest BCUT2D eigenvalue weighted by Gasteiger charge is -2.33. The van der Waals surface area contributed by atoms with Gasteiger partial charge in [0.05, 0.1) is 5.69 Å². The molecule has 25 heavy (non-hydrogen) atoms. The van der Waals surface area contributed by atoms with E-state index in [2.05, 4.69) is 30.6 Å². The summed E-state index contributed by atoms with van der Waals surface area (Å²) in [6.45, 7) is 7.53. The minimum absolute atomic E-state index is 0.162. The van der Waals surface area contributed by atoms with Gasteiger partial charge >= 0.3 is 6.03 Å². The van der Waals surface area contributed by atoms with E-state index < -0.39 is 0 Å². The fourth-order valence-corrected chi connectivity index (χ4v) is 3.18. The van der Waals surface area contributed by atoms with Crippen LogP contribution in [0.3, 0.4) is 0 Å². The van der Waals surface area contributed by atoms with Gasteiger partial charge in [-0.3, -0.25) is 10.00 Å². The van der Waals surface area contributed by atoms with Gasteiger partial charge in [0.25, 0.3) is 0 Å². The number of rotatable bonds is 3. The molecule has 1 aliphatic rings. The van der Waals surface area contributed by atoms with E-state index in [-0.39, 0.29) is 12.1 Å². The standard InChI is InChI=1S/C17H25N7O/c1-11-9-16(19-13(3)18-11)24-7-5-14(6-8-24)20-17(25)21-15-10-12(2)22-23(15)4/h9-10,14H,5-8H2,1-4H3,(H2,20,21,25). The third kappa shape index (κ3) is 4.26. The number of nitrogens with zero attached hydrogens (tertiary/aromatic N) is 5. The molecular weight excluding hydrogens is 318 g/mol. The molecule has 2 N–H and O–H groups in total. The van der Waals surface area contributed by atoms with Gasteiger partial charge in [-0.25, -0.2) is 14.8 Å². The first-order valence-electron chi connectivity index (χ1n) is 8.56. The number of urea groups is 1. The van der Waals surface area contributed by atoms with Gasteiger partial charge in [-0.05, 0) is 33.6 Å². The minimum atomic E-state index is -0.185. The number of aryl methyl sites for hydroxylation is 4. The molecule has 0 aromatic carbocycles. The van der Waals surface area contributed by atoms with E-state index >= 15 is 0 Å². The van der Waals surface area contributed by atoms with E-state index in [0.29, 0.717) is 5.82 Å². The molecule has 2 aromatic rings. The van der Waals surface area contributed by atoms with Gasteiger partial charge in [0.15, 0.2) is 0 Å². The van der Waals surface area contributed by atoms with Crippen molar-refractivity contribution < 1.29 is 4.79 Å². The van der Waals surface area contributed by atoms with Crippen LogP contribution in [0.25, 0.3) is 0 Å². The Bertz CT molecular complexity index is 742. The number of carbonyl (C=O) groups is 1. The van der Waals surface area contributed by atoms with Crippen molar-refractivity contribution >= 4 is 17.7 Å². The van der Waals surface area contributed by atoms with Crippen molar-refractivity contribution in [2.45, 2.75) is 39.7 Å². The minimum Gasteiger partial charge on any atom is -0.356 e. The number of hydrogen-bond donors (Lipinski definition) is 2. The van der Waals surface area contributed by atoms with Crippen LogP contribution >= 0.6 is 0 Å². The van der Waals surface area contributed by atoms with Crippen molar-refractivity contribution in [2.75, 3.05) is 23.3 Å². The largest absolute Gasteiger partial charge is 0.356 e. The molecule has 2 aromatic heterocycles. The summed E-state index contributed by atoms with van der Waals surface area (Å²) >= 11 is 0. The Morgan fingerprint density at radius 2 is 1.84 bits per heavy atom. The van der Waals surface area contributed by atoms with Crippen LogP contribution in [0.5, 0.6) is 0 Å². The SMILES string of the molecule is Cc1cc(N2CCC(NC(=O)Nc3cc(C)nn3C)CC2)nc(C)n1. The maximum atomic E-state index is 12.2. The molecule has 2 amide bonds. The topological polar surface area (TPSA) is 88.0 Å². The molecule has 0 radical (unpaired) electrons. The zero-order chi connectivity index (χ0) is 18.0. The highest BCUT2D eigenvalue weighted by atomic mass is 16.2. The van der Waals surface area contributed by atoms with E-state index in [0.717, 1.165) is 49.0 Å². The van der Waals surface area contributed by atoms with E-state index in [4.69, 9.17) is 0 Å². The van der Waals surface area contributed by atoms with Crippen molar-refractivity contribution in [1.82, 2.24) is 25.1 Å². The molecule has 8 nitrogen and oxygen atoms in total. The second-order valence-corrected chi connectivity index (χ2v) is 6.57. The number of anilines is 2. The molecule has 0 unspecified atom stereocenters. The highest BCUT2D eigenvalue weighted by molar-refractivity contribution is 5.88. The second-order valence-electron chi connectivity index (χ2n) is 6.57. The van der Waals surface area contributed by atoms with Gasteiger partial charge in [0.2, 0.25) is 0 Å². The first-order valence-corrected chi connectivity index (χ1v) is 8.56. The van der Waals surface area contributed by atoms with Crippen molar-refractivity contribution in [1.29, 1.82) is 0 Å². The Labute approximate surface area is 147 Å². The molecule has 8 heteroatoms. The predicted octanol–water partition coefficient (Wildman–Crippen LogP) is 1.93. The second kappa shape index (κ2) is 7.08. The molecule has 3 rings (SSSR count). The van der Waals surface area contributed by atoms with Crippen molar-refractivity contribution in [3.05, 3.63) is 29.3 Å². The van der Waals surface area contributed by atoms with Gasteiger partial charge in [-0.1, -0.05) is 0 Å².